The van der Waals surface area contributed by atoms with Crippen molar-refractivity contribution in [2.75, 3.05) is 19.0 Å². The van der Waals surface area contributed by atoms with Crippen LogP contribution in [0.25, 0.3) is 0 Å². The van der Waals surface area contributed by atoms with Gasteiger partial charge in [-0.25, -0.2) is 4.79 Å². The number of carbonyl (C=O) groups is 1. The van der Waals surface area contributed by atoms with E-state index in [0.717, 1.165) is 0 Å². The fourth-order valence-electron chi connectivity index (χ4n) is 1.55. The van der Waals surface area contributed by atoms with E-state index in [1.54, 1.807) is 25.2 Å². The third-order valence-electron chi connectivity index (χ3n) is 2.85. The van der Waals surface area contributed by atoms with Gasteiger partial charge in [0.2, 0.25) is 0 Å². The molecular formula is C14H18ClN3O2. The van der Waals surface area contributed by atoms with Crippen molar-refractivity contribution in [1.82, 2.24) is 4.90 Å². The molecule has 0 radical (unpaired) electrons. The van der Waals surface area contributed by atoms with E-state index in [9.17, 15) is 4.79 Å². The molecule has 2 amide bonds. The van der Waals surface area contributed by atoms with E-state index in [4.69, 9.17) is 21.6 Å². The molecule has 0 aromatic heterocycles. The number of rotatable bonds is 5. The first-order valence-electron chi connectivity index (χ1n) is 6.32. The van der Waals surface area contributed by atoms with Crippen LogP contribution >= 0.6 is 11.6 Å². The second kappa shape index (κ2) is 7.61. The first kappa shape index (κ1) is 16.1. The van der Waals surface area contributed by atoms with Crippen LogP contribution < -0.4 is 10.1 Å². The number of amides is 2. The first-order chi connectivity index (χ1) is 9.49. The third-order valence-corrected chi connectivity index (χ3v) is 3.09. The average Bonchev–Trinajstić information content (AvgIpc) is 2.41. The van der Waals surface area contributed by atoms with E-state index < -0.39 is 0 Å². The maximum absolute atomic E-state index is 12.1. The molecule has 1 aromatic carbocycles. The molecule has 0 bridgehead atoms. The molecule has 0 aliphatic heterocycles. The number of nitrogens with zero attached hydrogens (tertiary/aromatic N) is 2. The van der Waals surface area contributed by atoms with Crippen LogP contribution in [-0.4, -0.2) is 30.6 Å². The van der Waals surface area contributed by atoms with Crippen LogP contribution in [0.2, 0.25) is 5.02 Å². The number of hydrogen-bond donors (Lipinski definition) is 1. The van der Waals surface area contributed by atoms with Gasteiger partial charge >= 0.3 is 6.03 Å². The summed E-state index contributed by atoms with van der Waals surface area (Å²) in [6.07, 6.45) is 0.281. The second-order valence-corrected chi connectivity index (χ2v) is 4.76. The highest BCUT2D eigenvalue weighted by atomic mass is 35.5. The lowest BCUT2D eigenvalue weighted by Crippen LogP contribution is -2.38. The molecular weight excluding hydrogens is 278 g/mol. The van der Waals surface area contributed by atoms with Crippen molar-refractivity contribution in [2.24, 2.45) is 0 Å². The van der Waals surface area contributed by atoms with Crippen LogP contribution in [0.15, 0.2) is 18.2 Å². The Morgan fingerprint density at radius 2 is 2.30 bits per heavy atom. The Labute approximate surface area is 124 Å². The van der Waals surface area contributed by atoms with Gasteiger partial charge in [-0.2, -0.15) is 5.26 Å². The summed E-state index contributed by atoms with van der Waals surface area (Å²) in [5, 5.41) is 12.0. The van der Waals surface area contributed by atoms with Crippen molar-refractivity contribution in [3.8, 4) is 11.8 Å². The highest BCUT2D eigenvalue weighted by Crippen LogP contribution is 2.28. The summed E-state index contributed by atoms with van der Waals surface area (Å²) >= 11 is 5.90. The Hall–Kier alpha value is -1.93. The largest absolute Gasteiger partial charge is 0.492 e. The van der Waals surface area contributed by atoms with Crippen LogP contribution in [-0.2, 0) is 0 Å². The number of anilines is 1. The smallest absolute Gasteiger partial charge is 0.321 e. The monoisotopic (exact) mass is 295 g/mol. The predicted molar refractivity (Wildman–Crippen MR) is 79.1 cm³/mol. The number of halogens is 1. The van der Waals surface area contributed by atoms with Crippen molar-refractivity contribution >= 4 is 23.3 Å². The van der Waals surface area contributed by atoms with E-state index in [-0.39, 0.29) is 18.5 Å². The molecule has 1 N–H and O–H groups in total. The molecule has 1 atom stereocenters. The number of urea groups is 1. The summed E-state index contributed by atoms with van der Waals surface area (Å²) in [6.45, 7) is 4.14. The lowest BCUT2D eigenvalue weighted by Gasteiger charge is -2.23. The Balaban J connectivity index is 2.82. The van der Waals surface area contributed by atoms with Crippen LogP contribution in [0.3, 0.4) is 0 Å². The van der Waals surface area contributed by atoms with Gasteiger partial charge in [0.05, 0.1) is 24.8 Å². The molecule has 0 aliphatic rings. The standard InChI is InChI=1S/C14H18ClN3O2/c1-4-20-13-9-11(15)5-6-12(13)17-14(19)18(3)10(2)7-8-16/h5-6,9-10H,4,7H2,1-3H3,(H,17,19)/t10-/m1/s1. The summed E-state index contributed by atoms with van der Waals surface area (Å²) in [6, 6.07) is 6.60. The number of carbonyl (C=O) groups excluding carboxylic acids is 1. The summed E-state index contributed by atoms with van der Waals surface area (Å²) in [7, 11) is 1.65. The van der Waals surface area contributed by atoms with E-state index in [2.05, 4.69) is 5.32 Å². The van der Waals surface area contributed by atoms with Crippen molar-refractivity contribution in [3.05, 3.63) is 23.2 Å². The summed E-state index contributed by atoms with van der Waals surface area (Å²) in [4.78, 5) is 13.6. The van der Waals surface area contributed by atoms with Crippen molar-refractivity contribution in [2.45, 2.75) is 26.3 Å². The van der Waals surface area contributed by atoms with Crippen LogP contribution in [0.1, 0.15) is 20.3 Å². The lowest BCUT2D eigenvalue weighted by molar-refractivity contribution is 0.208. The van der Waals surface area contributed by atoms with Gasteiger partial charge in [-0.1, -0.05) is 11.6 Å². The quantitative estimate of drug-likeness (QED) is 0.904. The molecule has 6 heteroatoms. The van der Waals surface area contributed by atoms with Crippen molar-refractivity contribution in [1.29, 1.82) is 5.26 Å². The molecule has 20 heavy (non-hydrogen) atoms. The summed E-state index contributed by atoms with van der Waals surface area (Å²) in [5.74, 6) is 0.523. The fraction of sp³-hybridized carbons (Fsp3) is 0.429. The topological polar surface area (TPSA) is 65.4 Å². The zero-order valence-electron chi connectivity index (χ0n) is 11.8. The van der Waals surface area contributed by atoms with Gasteiger partial charge in [0, 0.05) is 24.2 Å². The minimum Gasteiger partial charge on any atom is -0.492 e. The highest BCUT2D eigenvalue weighted by molar-refractivity contribution is 6.30. The van der Waals surface area contributed by atoms with E-state index in [1.165, 1.54) is 4.90 Å². The minimum atomic E-state index is -0.295. The van der Waals surface area contributed by atoms with Crippen LogP contribution in [0, 0.1) is 11.3 Å². The van der Waals surface area contributed by atoms with E-state index >= 15 is 0 Å². The number of benzene rings is 1. The minimum absolute atomic E-state index is 0.164. The van der Waals surface area contributed by atoms with Crippen molar-refractivity contribution in [3.63, 3.8) is 0 Å². The van der Waals surface area contributed by atoms with Crippen molar-refractivity contribution < 1.29 is 9.53 Å². The molecule has 0 fully saturated rings. The Morgan fingerprint density at radius 1 is 1.60 bits per heavy atom. The number of nitrogens with one attached hydrogen (secondary N) is 1. The Morgan fingerprint density at radius 3 is 2.90 bits per heavy atom. The molecule has 5 nitrogen and oxygen atoms in total. The summed E-state index contributed by atoms with van der Waals surface area (Å²) in [5.41, 5.74) is 0.553. The predicted octanol–water partition coefficient (Wildman–Crippen LogP) is 3.50. The molecule has 0 spiro atoms. The van der Waals surface area contributed by atoms with Gasteiger partial charge in [0.15, 0.2) is 0 Å². The van der Waals surface area contributed by atoms with Gasteiger partial charge in [-0.15, -0.1) is 0 Å². The molecule has 1 aromatic rings. The Kier molecular flexibility index (Phi) is 6.13. The van der Waals surface area contributed by atoms with E-state index in [1.807, 2.05) is 19.9 Å². The Bertz CT molecular complexity index is 514. The van der Waals surface area contributed by atoms with E-state index in [0.29, 0.717) is 23.1 Å². The molecule has 0 saturated heterocycles. The van der Waals surface area contributed by atoms with Gasteiger partial charge in [-0.3, -0.25) is 0 Å². The normalized spacial score (nSPS) is 11.3. The molecule has 0 unspecified atom stereocenters. The molecule has 0 heterocycles. The van der Waals surface area contributed by atoms with Gasteiger partial charge in [0.1, 0.15) is 5.75 Å². The summed E-state index contributed by atoms with van der Waals surface area (Å²) < 4.78 is 5.44. The third kappa shape index (κ3) is 4.32. The zero-order valence-corrected chi connectivity index (χ0v) is 12.6. The maximum atomic E-state index is 12.1. The zero-order chi connectivity index (χ0) is 15.1. The van der Waals surface area contributed by atoms with Gasteiger partial charge < -0.3 is 15.0 Å². The molecule has 0 aliphatic carbocycles. The first-order valence-corrected chi connectivity index (χ1v) is 6.70. The SMILES string of the molecule is CCOc1cc(Cl)ccc1NC(=O)N(C)[C@H](C)CC#N. The van der Waals surface area contributed by atoms with Crippen LogP contribution in [0.4, 0.5) is 10.5 Å². The fourth-order valence-corrected chi connectivity index (χ4v) is 1.71. The molecule has 1 rings (SSSR count). The second-order valence-electron chi connectivity index (χ2n) is 4.33. The number of ether oxygens (including phenoxy) is 1. The lowest BCUT2D eigenvalue weighted by atomic mass is 10.2. The van der Waals surface area contributed by atoms with Gasteiger partial charge in [0.25, 0.3) is 0 Å². The number of hydrogen-bond acceptors (Lipinski definition) is 3. The highest BCUT2D eigenvalue weighted by Gasteiger charge is 2.17. The average molecular weight is 296 g/mol. The molecule has 108 valence electrons. The maximum Gasteiger partial charge on any atom is 0.321 e. The van der Waals surface area contributed by atoms with Crippen LogP contribution in [0.5, 0.6) is 5.75 Å². The van der Waals surface area contributed by atoms with Gasteiger partial charge in [-0.05, 0) is 26.0 Å². The molecule has 0 saturated carbocycles. The number of nitriles is 1.